The van der Waals surface area contributed by atoms with E-state index in [2.05, 4.69) is 0 Å². The van der Waals surface area contributed by atoms with Crippen molar-refractivity contribution >= 4 is 11.9 Å². The number of hydrogen-bond acceptors (Lipinski definition) is 6. The molecule has 0 unspecified atom stereocenters. The number of rotatable bonds is 0. The highest BCUT2D eigenvalue weighted by atomic mass is 17.2. The van der Waals surface area contributed by atoms with E-state index in [9.17, 15) is 9.59 Å². The van der Waals surface area contributed by atoms with Crippen molar-refractivity contribution in [3.8, 4) is 0 Å². The first-order valence-electron chi connectivity index (χ1n) is 6.47. The molecule has 6 nitrogen and oxygen atoms in total. The summed E-state index contributed by atoms with van der Waals surface area (Å²) in [5.41, 5.74) is -1.23. The van der Waals surface area contributed by atoms with Crippen LogP contribution in [-0.2, 0) is 29.1 Å². The lowest BCUT2D eigenvalue weighted by atomic mass is 9.94. The minimum Gasteiger partial charge on any atom is -0.298 e. The lowest BCUT2D eigenvalue weighted by molar-refractivity contribution is -0.339. The quantitative estimate of drug-likeness (QED) is 0.632. The molecule has 1 fully saturated rings. The summed E-state index contributed by atoms with van der Waals surface area (Å²) in [5.74, 6) is -0.972. The van der Waals surface area contributed by atoms with Gasteiger partial charge in [-0.3, -0.25) is 9.78 Å². The molecule has 0 aromatic heterocycles. The molecule has 1 aliphatic heterocycles. The van der Waals surface area contributed by atoms with Gasteiger partial charge in [-0.1, -0.05) is 0 Å². The molecule has 0 aromatic carbocycles. The molecular weight excluding hydrogens is 252 g/mol. The fraction of sp³-hybridized carbons (Fsp3) is 0.846. The Hall–Kier alpha value is -1.14. The average Bonchev–Trinajstić information content (AvgIpc) is 2.32. The lowest BCUT2D eigenvalue weighted by Crippen LogP contribution is -2.32. The van der Waals surface area contributed by atoms with Crippen LogP contribution < -0.4 is 0 Å². The van der Waals surface area contributed by atoms with Crippen LogP contribution in [0.4, 0.5) is 0 Å². The summed E-state index contributed by atoms with van der Waals surface area (Å²) >= 11 is 0. The van der Waals surface area contributed by atoms with E-state index in [1.807, 2.05) is 27.7 Å². The van der Waals surface area contributed by atoms with Crippen molar-refractivity contribution in [2.45, 2.75) is 71.0 Å². The van der Waals surface area contributed by atoms with Gasteiger partial charge in [-0.05, 0) is 47.0 Å². The van der Waals surface area contributed by atoms with E-state index < -0.39 is 23.1 Å². The summed E-state index contributed by atoms with van der Waals surface area (Å²) in [6.45, 7) is 7.29. The monoisotopic (exact) mass is 274 g/mol. The second-order valence-corrected chi connectivity index (χ2v) is 5.95. The van der Waals surface area contributed by atoms with Crippen molar-refractivity contribution in [2.75, 3.05) is 0 Å². The van der Waals surface area contributed by atoms with Crippen LogP contribution in [-0.4, -0.2) is 23.1 Å². The predicted molar refractivity (Wildman–Crippen MR) is 65.6 cm³/mol. The molecule has 0 amide bonds. The van der Waals surface area contributed by atoms with E-state index in [1.165, 1.54) is 0 Å². The second kappa shape index (κ2) is 6.34. The van der Waals surface area contributed by atoms with Crippen LogP contribution in [0.5, 0.6) is 0 Å². The van der Waals surface area contributed by atoms with Crippen molar-refractivity contribution in [3.63, 3.8) is 0 Å². The van der Waals surface area contributed by atoms with Crippen molar-refractivity contribution in [3.05, 3.63) is 0 Å². The van der Waals surface area contributed by atoms with Gasteiger partial charge in [-0.25, -0.2) is 9.59 Å². The molecule has 0 spiro atoms. The molecule has 0 radical (unpaired) electrons. The van der Waals surface area contributed by atoms with Gasteiger partial charge in [0.05, 0.1) is 0 Å². The molecular formula is C13H22O6. The summed E-state index contributed by atoms with van der Waals surface area (Å²) < 4.78 is 0. The zero-order valence-electron chi connectivity index (χ0n) is 12.0. The first-order valence-corrected chi connectivity index (χ1v) is 6.47. The van der Waals surface area contributed by atoms with Gasteiger partial charge in [0.1, 0.15) is 11.2 Å². The van der Waals surface area contributed by atoms with Crippen LogP contribution in [0.3, 0.4) is 0 Å². The Kier molecular flexibility index (Phi) is 5.31. The third-order valence-electron chi connectivity index (χ3n) is 2.81. The van der Waals surface area contributed by atoms with Crippen LogP contribution in [0.1, 0.15) is 59.8 Å². The normalized spacial score (nSPS) is 25.3. The molecule has 110 valence electrons. The van der Waals surface area contributed by atoms with Gasteiger partial charge in [-0.15, -0.1) is 0 Å². The molecule has 0 aromatic rings. The van der Waals surface area contributed by atoms with Crippen LogP contribution in [0.2, 0.25) is 0 Å². The van der Waals surface area contributed by atoms with Gasteiger partial charge in [-0.2, -0.15) is 9.78 Å². The Bertz CT molecular complexity index is 302. The maximum atomic E-state index is 11.4. The standard InChI is InChI=1S/C13H22O6/c1-12(2)8-9-13(3,4)19-17-11(15)7-5-6-10(14)16-18-12/h5-9H2,1-4H3. The molecule has 19 heavy (non-hydrogen) atoms. The topological polar surface area (TPSA) is 71.1 Å². The second-order valence-electron chi connectivity index (χ2n) is 5.95. The highest BCUT2D eigenvalue weighted by Crippen LogP contribution is 2.26. The SMILES string of the molecule is CC1(C)CCC(C)(C)OOC(=O)CCCC(=O)OO1. The Morgan fingerprint density at radius 3 is 1.53 bits per heavy atom. The van der Waals surface area contributed by atoms with Crippen molar-refractivity contribution in [1.29, 1.82) is 0 Å². The van der Waals surface area contributed by atoms with E-state index in [-0.39, 0.29) is 12.8 Å². The van der Waals surface area contributed by atoms with Gasteiger partial charge in [0.15, 0.2) is 0 Å². The first-order chi connectivity index (χ1) is 8.70. The third kappa shape index (κ3) is 6.54. The summed E-state index contributed by atoms with van der Waals surface area (Å²) in [7, 11) is 0. The minimum atomic E-state index is -0.617. The van der Waals surface area contributed by atoms with Gasteiger partial charge in [0.25, 0.3) is 0 Å². The Balaban J connectivity index is 2.67. The average molecular weight is 274 g/mol. The molecule has 1 heterocycles. The number of carbonyl (C=O) groups is 2. The molecule has 1 saturated heterocycles. The summed E-state index contributed by atoms with van der Waals surface area (Å²) in [4.78, 5) is 42.5. The number of hydrogen-bond donors (Lipinski definition) is 0. The third-order valence-corrected chi connectivity index (χ3v) is 2.81. The van der Waals surface area contributed by atoms with Crippen LogP contribution in [0.15, 0.2) is 0 Å². The Morgan fingerprint density at radius 2 is 1.16 bits per heavy atom. The van der Waals surface area contributed by atoms with Gasteiger partial charge in [0.2, 0.25) is 0 Å². The van der Waals surface area contributed by atoms with Crippen molar-refractivity contribution in [1.82, 2.24) is 0 Å². The van der Waals surface area contributed by atoms with Crippen molar-refractivity contribution < 1.29 is 29.1 Å². The van der Waals surface area contributed by atoms with E-state index in [1.54, 1.807) is 0 Å². The highest BCUT2D eigenvalue weighted by Gasteiger charge is 2.30. The lowest BCUT2D eigenvalue weighted by Gasteiger charge is -2.28. The fourth-order valence-corrected chi connectivity index (χ4v) is 1.46. The Morgan fingerprint density at radius 1 is 0.789 bits per heavy atom. The van der Waals surface area contributed by atoms with E-state index >= 15 is 0 Å². The molecule has 0 N–H and O–H groups in total. The summed E-state index contributed by atoms with van der Waals surface area (Å²) in [6.07, 6.45) is 1.73. The summed E-state index contributed by atoms with van der Waals surface area (Å²) in [6, 6.07) is 0. The molecule has 0 atom stereocenters. The Labute approximate surface area is 113 Å². The smallest absolute Gasteiger partial charge is 0.298 e. The van der Waals surface area contributed by atoms with E-state index in [0.29, 0.717) is 19.3 Å². The predicted octanol–water partition coefficient (Wildman–Crippen LogP) is 2.46. The van der Waals surface area contributed by atoms with E-state index in [4.69, 9.17) is 19.6 Å². The molecule has 1 rings (SSSR count). The molecule has 6 heteroatoms. The minimum absolute atomic E-state index is 0.106. The van der Waals surface area contributed by atoms with Gasteiger partial charge >= 0.3 is 11.9 Å². The largest absolute Gasteiger partial charge is 0.342 e. The molecule has 0 saturated carbocycles. The maximum Gasteiger partial charge on any atom is 0.342 e. The van der Waals surface area contributed by atoms with Crippen LogP contribution in [0.25, 0.3) is 0 Å². The fourth-order valence-electron chi connectivity index (χ4n) is 1.46. The van der Waals surface area contributed by atoms with Gasteiger partial charge < -0.3 is 0 Å². The molecule has 1 aliphatic rings. The first kappa shape index (κ1) is 15.9. The van der Waals surface area contributed by atoms with Crippen LogP contribution >= 0.6 is 0 Å². The zero-order valence-corrected chi connectivity index (χ0v) is 12.0. The highest BCUT2D eigenvalue weighted by molar-refractivity contribution is 5.71. The zero-order chi connectivity index (χ0) is 14.5. The number of carbonyl (C=O) groups excluding carboxylic acids is 2. The summed E-state index contributed by atoms with van der Waals surface area (Å²) in [5, 5.41) is 0. The van der Waals surface area contributed by atoms with E-state index in [0.717, 1.165) is 0 Å². The van der Waals surface area contributed by atoms with Crippen molar-refractivity contribution in [2.24, 2.45) is 0 Å². The maximum absolute atomic E-state index is 11.4. The molecule has 0 aliphatic carbocycles. The van der Waals surface area contributed by atoms with Gasteiger partial charge in [0, 0.05) is 12.8 Å². The molecule has 0 bridgehead atoms. The van der Waals surface area contributed by atoms with Crippen LogP contribution in [0, 0.1) is 0 Å².